The van der Waals surface area contributed by atoms with Gasteiger partial charge in [0.25, 0.3) is 0 Å². The molecule has 1 heterocycles. The fourth-order valence-electron chi connectivity index (χ4n) is 3.13. The Kier molecular flexibility index (Phi) is 7.72. The molecule has 0 aliphatic carbocycles. The second kappa shape index (κ2) is 10.0. The van der Waals surface area contributed by atoms with Gasteiger partial charge in [0.05, 0.1) is 12.8 Å². The first kappa shape index (κ1) is 20.0. The molecule has 0 aromatic heterocycles. The predicted octanol–water partition coefficient (Wildman–Crippen LogP) is 0.802. The summed E-state index contributed by atoms with van der Waals surface area (Å²) in [6, 6.07) is 7.84. The summed E-state index contributed by atoms with van der Waals surface area (Å²) in [5, 5.41) is 2.73. The number of anilines is 1. The van der Waals surface area contributed by atoms with Gasteiger partial charge in [0.2, 0.25) is 0 Å². The number of ether oxygens (including phenoxy) is 1. The maximum Gasteiger partial charge on any atom is 0.312 e. The van der Waals surface area contributed by atoms with Crippen LogP contribution in [0, 0.1) is 0 Å². The summed E-state index contributed by atoms with van der Waals surface area (Å²) in [6.45, 7) is 9.70. The molecule has 0 unspecified atom stereocenters. The number of benzene rings is 1. The number of methoxy groups -OCH3 is 1. The summed E-state index contributed by atoms with van der Waals surface area (Å²) >= 11 is 0. The van der Waals surface area contributed by atoms with Crippen molar-refractivity contribution < 1.29 is 14.3 Å². The lowest BCUT2D eigenvalue weighted by molar-refractivity contribution is -0.146. The highest BCUT2D eigenvalue weighted by atomic mass is 16.5. The Hall–Kier alpha value is -2.28. The molecule has 2 amide bonds. The third kappa shape index (κ3) is 5.11. The van der Waals surface area contributed by atoms with Crippen LogP contribution in [0.25, 0.3) is 0 Å². The molecule has 0 radical (unpaired) electrons. The van der Waals surface area contributed by atoms with Gasteiger partial charge in [0.1, 0.15) is 5.75 Å². The minimum atomic E-state index is -0.511. The molecule has 7 heteroatoms. The van der Waals surface area contributed by atoms with Crippen molar-refractivity contribution in [3.8, 4) is 5.75 Å². The highest BCUT2D eigenvalue weighted by Crippen LogP contribution is 2.28. The third-order valence-corrected chi connectivity index (χ3v) is 4.79. The van der Waals surface area contributed by atoms with Gasteiger partial charge in [-0.3, -0.25) is 9.59 Å². The highest BCUT2D eigenvalue weighted by molar-refractivity contribution is 6.35. The van der Waals surface area contributed by atoms with Gasteiger partial charge in [0.15, 0.2) is 0 Å². The Balaban J connectivity index is 1.81. The first-order valence-corrected chi connectivity index (χ1v) is 9.28. The molecular weight excluding hydrogens is 332 g/mol. The zero-order valence-electron chi connectivity index (χ0n) is 16.0. The van der Waals surface area contributed by atoms with E-state index >= 15 is 0 Å². The molecule has 1 aromatic rings. The normalized spacial score (nSPS) is 14.5. The van der Waals surface area contributed by atoms with Crippen molar-refractivity contribution in [1.82, 2.24) is 15.1 Å². The van der Waals surface area contributed by atoms with E-state index in [1.165, 1.54) is 0 Å². The fraction of sp³-hybridized carbons (Fsp3) is 0.579. The van der Waals surface area contributed by atoms with Crippen LogP contribution in [0.15, 0.2) is 24.3 Å². The lowest BCUT2D eigenvalue weighted by Gasteiger charge is -2.36. The number of amides is 2. The minimum absolute atomic E-state index is 0.441. The van der Waals surface area contributed by atoms with E-state index in [1.807, 2.05) is 24.3 Å². The number of para-hydroxylation sites is 2. The van der Waals surface area contributed by atoms with Crippen LogP contribution in [0.2, 0.25) is 0 Å². The zero-order valence-corrected chi connectivity index (χ0v) is 16.0. The molecule has 1 saturated heterocycles. The summed E-state index contributed by atoms with van der Waals surface area (Å²) in [6.07, 6.45) is 0. The molecule has 1 aromatic carbocycles. The second-order valence-corrected chi connectivity index (χ2v) is 6.23. The summed E-state index contributed by atoms with van der Waals surface area (Å²) < 4.78 is 5.40. The molecule has 1 aliphatic heterocycles. The van der Waals surface area contributed by atoms with E-state index in [0.717, 1.165) is 31.1 Å². The van der Waals surface area contributed by atoms with Crippen LogP contribution in [0.3, 0.4) is 0 Å². The van der Waals surface area contributed by atoms with Crippen LogP contribution < -0.4 is 15.0 Å². The monoisotopic (exact) mass is 362 g/mol. The maximum atomic E-state index is 12.3. The Morgan fingerprint density at radius 3 is 2.38 bits per heavy atom. The number of hydrogen-bond acceptors (Lipinski definition) is 5. The molecule has 0 saturated carbocycles. The van der Waals surface area contributed by atoms with E-state index in [2.05, 4.69) is 29.0 Å². The van der Waals surface area contributed by atoms with Crippen molar-refractivity contribution >= 4 is 17.5 Å². The van der Waals surface area contributed by atoms with E-state index in [0.29, 0.717) is 32.7 Å². The summed E-state index contributed by atoms with van der Waals surface area (Å²) in [7, 11) is 1.65. The Labute approximate surface area is 155 Å². The maximum absolute atomic E-state index is 12.3. The molecule has 0 atom stereocenters. The Morgan fingerprint density at radius 1 is 1.12 bits per heavy atom. The van der Waals surface area contributed by atoms with Crippen LogP contribution in [-0.4, -0.2) is 81.1 Å². The molecule has 1 N–H and O–H groups in total. The number of nitrogens with zero attached hydrogens (tertiary/aromatic N) is 3. The second-order valence-electron chi connectivity index (χ2n) is 6.23. The quantitative estimate of drug-likeness (QED) is 0.727. The molecule has 2 rings (SSSR count). The van der Waals surface area contributed by atoms with E-state index in [1.54, 1.807) is 12.0 Å². The van der Waals surface area contributed by atoms with Crippen LogP contribution in [-0.2, 0) is 9.59 Å². The van der Waals surface area contributed by atoms with E-state index in [9.17, 15) is 9.59 Å². The van der Waals surface area contributed by atoms with Crippen molar-refractivity contribution in [3.05, 3.63) is 24.3 Å². The Morgan fingerprint density at radius 2 is 1.77 bits per heavy atom. The van der Waals surface area contributed by atoms with Gasteiger partial charge in [-0.25, -0.2) is 0 Å². The molecule has 1 fully saturated rings. The van der Waals surface area contributed by atoms with Gasteiger partial charge in [-0.1, -0.05) is 26.0 Å². The minimum Gasteiger partial charge on any atom is -0.495 e. The van der Waals surface area contributed by atoms with Crippen molar-refractivity contribution in [1.29, 1.82) is 0 Å². The Bertz CT molecular complexity index is 596. The average molecular weight is 362 g/mol. The lowest BCUT2D eigenvalue weighted by atomic mass is 10.2. The number of nitrogens with one attached hydrogen (secondary N) is 1. The van der Waals surface area contributed by atoms with Crippen molar-refractivity contribution in [2.75, 3.05) is 64.4 Å². The number of carbonyl (C=O) groups is 2. The average Bonchev–Trinajstić information content (AvgIpc) is 2.70. The summed E-state index contributed by atoms with van der Waals surface area (Å²) in [5.74, 6) is -0.131. The van der Waals surface area contributed by atoms with Gasteiger partial charge >= 0.3 is 11.8 Å². The van der Waals surface area contributed by atoms with Crippen LogP contribution in [0.1, 0.15) is 13.8 Å². The smallest absolute Gasteiger partial charge is 0.312 e. The third-order valence-electron chi connectivity index (χ3n) is 4.79. The van der Waals surface area contributed by atoms with Crippen molar-refractivity contribution in [3.63, 3.8) is 0 Å². The van der Waals surface area contributed by atoms with Gasteiger partial charge < -0.3 is 24.8 Å². The van der Waals surface area contributed by atoms with Gasteiger partial charge in [-0.2, -0.15) is 0 Å². The first-order chi connectivity index (χ1) is 12.6. The molecule has 0 spiro atoms. The summed E-state index contributed by atoms with van der Waals surface area (Å²) in [5.41, 5.74) is 1.02. The van der Waals surface area contributed by atoms with Crippen molar-refractivity contribution in [2.24, 2.45) is 0 Å². The molecular formula is C19H30N4O3. The SMILES string of the molecule is CCN(CC)CCNC(=O)C(=O)N1CCN(c2ccccc2OC)CC1. The topological polar surface area (TPSA) is 65.1 Å². The van der Waals surface area contributed by atoms with E-state index < -0.39 is 11.8 Å². The van der Waals surface area contributed by atoms with Crippen molar-refractivity contribution in [2.45, 2.75) is 13.8 Å². The first-order valence-electron chi connectivity index (χ1n) is 9.28. The molecule has 26 heavy (non-hydrogen) atoms. The zero-order chi connectivity index (χ0) is 18.9. The number of likely N-dealkylation sites (N-methyl/N-ethyl adjacent to an activating group) is 1. The molecule has 144 valence electrons. The number of rotatable bonds is 7. The largest absolute Gasteiger partial charge is 0.495 e. The van der Waals surface area contributed by atoms with Crippen LogP contribution >= 0.6 is 0 Å². The fourth-order valence-corrected chi connectivity index (χ4v) is 3.13. The molecule has 1 aliphatic rings. The highest BCUT2D eigenvalue weighted by Gasteiger charge is 2.26. The summed E-state index contributed by atoms with van der Waals surface area (Å²) in [4.78, 5) is 30.4. The number of hydrogen-bond donors (Lipinski definition) is 1. The van der Waals surface area contributed by atoms with Gasteiger partial charge in [0, 0.05) is 39.3 Å². The molecule has 0 bridgehead atoms. The standard InChI is InChI=1S/C19H30N4O3/c1-4-21(5-2)11-10-20-18(24)19(25)23-14-12-22(13-15-23)16-8-6-7-9-17(16)26-3/h6-9H,4-5,10-15H2,1-3H3,(H,20,24). The van der Waals surface area contributed by atoms with Gasteiger partial charge in [-0.15, -0.1) is 0 Å². The number of piperazine rings is 1. The van der Waals surface area contributed by atoms with Crippen LogP contribution in [0.4, 0.5) is 5.69 Å². The molecule has 7 nitrogen and oxygen atoms in total. The van der Waals surface area contributed by atoms with E-state index in [4.69, 9.17) is 4.74 Å². The lowest BCUT2D eigenvalue weighted by Crippen LogP contribution is -2.53. The number of carbonyl (C=O) groups excluding carboxylic acids is 2. The van der Waals surface area contributed by atoms with Crippen LogP contribution in [0.5, 0.6) is 5.75 Å². The van der Waals surface area contributed by atoms with Gasteiger partial charge in [-0.05, 0) is 25.2 Å². The van der Waals surface area contributed by atoms with E-state index in [-0.39, 0.29) is 0 Å². The predicted molar refractivity (Wildman–Crippen MR) is 103 cm³/mol.